The first-order valence-corrected chi connectivity index (χ1v) is 8.55. The fourth-order valence-corrected chi connectivity index (χ4v) is 2.83. The summed E-state index contributed by atoms with van der Waals surface area (Å²) in [6.07, 6.45) is 0.811. The number of carbonyl (C=O) groups is 1. The molecule has 0 aliphatic rings. The predicted octanol–water partition coefficient (Wildman–Crippen LogP) is 4.58. The van der Waals surface area contributed by atoms with Crippen molar-refractivity contribution in [2.24, 2.45) is 5.73 Å². The maximum absolute atomic E-state index is 15.0. The first-order chi connectivity index (χ1) is 11.9. The molecular formula is C19H22ClFN2O2. The third-order valence-electron chi connectivity index (χ3n) is 3.82. The lowest BCUT2D eigenvalue weighted by Crippen LogP contribution is -2.34. The van der Waals surface area contributed by atoms with E-state index in [0.29, 0.717) is 17.7 Å². The van der Waals surface area contributed by atoms with Crippen molar-refractivity contribution in [3.05, 3.63) is 58.9 Å². The van der Waals surface area contributed by atoms with E-state index in [9.17, 15) is 4.79 Å². The van der Waals surface area contributed by atoms with Gasteiger partial charge in [0.2, 0.25) is 5.91 Å². The summed E-state index contributed by atoms with van der Waals surface area (Å²) < 4.78 is 20.7. The molecule has 1 amide bonds. The summed E-state index contributed by atoms with van der Waals surface area (Å²) in [4.78, 5) is 11.1. The molecule has 134 valence electrons. The van der Waals surface area contributed by atoms with Crippen molar-refractivity contribution in [1.82, 2.24) is 5.32 Å². The lowest BCUT2D eigenvalue weighted by molar-refractivity contribution is -0.118. The van der Waals surface area contributed by atoms with Crippen LogP contribution in [0.4, 0.5) is 4.39 Å². The zero-order valence-electron chi connectivity index (χ0n) is 14.3. The molecule has 2 rings (SSSR count). The molecule has 0 bridgehead atoms. The van der Waals surface area contributed by atoms with Crippen LogP contribution in [-0.4, -0.2) is 11.9 Å². The van der Waals surface area contributed by atoms with Crippen molar-refractivity contribution < 1.29 is 13.9 Å². The lowest BCUT2D eigenvalue weighted by Gasteiger charge is -2.23. The third-order valence-corrected chi connectivity index (χ3v) is 4.12. The molecule has 0 saturated heterocycles. The molecule has 25 heavy (non-hydrogen) atoms. The number of hydrogen-bond donors (Lipinski definition) is 2. The van der Waals surface area contributed by atoms with Crippen LogP contribution in [-0.2, 0) is 4.79 Å². The minimum atomic E-state index is -0.512. The average Bonchev–Trinajstić information content (AvgIpc) is 2.57. The number of para-hydroxylation sites is 1. The molecule has 2 aromatic rings. The van der Waals surface area contributed by atoms with Crippen LogP contribution in [0, 0.1) is 5.82 Å². The summed E-state index contributed by atoms with van der Waals surface area (Å²) in [6, 6.07) is 11.7. The molecule has 6 heteroatoms. The molecule has 0 fully saturated rings. The number of halogens is 2. The van der Waals surface area contributed by atoms with Crippen LogP contribution in [0.15, 0.2) is 42.5 Å². The van der Waals surface area contributed by atoms with Crippen molar-refractivity contribution in [2.45, 2.75) is 38.8 Å². The van der Waals surface area contributed by atoms with Crippen molar-refractivity contribution in [3.63, 3.8) is 0 Å². The summed E-state index contributed by atoms with van der Waals surface area (Å²) in [7, 11) is 0. The molecule has 0 aromatic heterocycles. The van der Waals surface area contributed by atoms with Gasteiger partial charge in [0.05, 0.1) is 5.02 Å². The molecule has 0 aliphatic carbocycles. The maximum atomic E-state index is 15.0. The first kappa shape index (κ1) is 19.2. The lowest BCUT2D eigenvalue weighted by atomic mass is 10.0. The van der Waals surface area contributed by atoms with E-state index in [4.69, 9.17) is 22.1 Å². The number of hydrogen-bond acceptors (Lipinski definition) is 3. The second-order valence-corrected chi connectivity index (χ2v) is 6.30. The van der Waals surface area contributed by atoms with E-state index >= 15 is 4.39 Å². The highest BCUT2D eigenvalue weighted by atomic mass is 35.5. The Kier molecular flexibility index (Phi) is 6.79. The van der Waals surface area contributed by atoms with Crippen molar-refractivity contribution in [3.8, 4) is 11.5 Å². The van der Waals surface area contributed by atoms with Crippen molar-refractivity contribution in [2.75, 3.05) is 0 Å². The van der Waals surface area contributed by atoms with E-state index in [-0.39, 0.29) is 29.3 Å². The molecule has 2 atom stereocenters. The number of primary amides is 1. The van der Waals surface area contributed by atoms with Gasteiger partial charge < -0.3 is 15.8 Å². The van der Waals surface area contributed by atoms with Gasteiger partial charge in [-0.05, 0) is 31.5 Å². The Bertz CT molecular complexity index is 725. The number of benzene rings is 2. The number of nitrogens with one attached hydrogen (secondary N) is 1. The van der Waals surface area contributed by atoms with Gasteiger partial charge in [0, 0.05) is 24.1 Å². The molecule has 4 nitrogen and oxygen atoms in total. The summed E-state index contributed by atoms with van der Waals surface area (Å²) in [5, 5.41) is 3.43. The van der Waals surface area contributed by atoms with Crippen LogP contribution in [0.3, 0.4) is 0 Å². The van der Waals surface area contributed by atoms with Crippen LogP contribution in [0.2, 0.25) is 5.02 Å². The monoisotopic (exact) mass is 364 g/mol. The Morgan fingerprint density at radius 1 is 1.28 bits per heavy atom. The zero-order chi connectivity index (χ0) is 18.4. The quantitative estimate of drug-likeness (QED) is 0.720. The molecule has 1 unspecified atom stereocenters. The summed E-state index contributed by atoms with van der Waals surface area (Å²) >= 11 is 6.13. The van der Waals surface area contributed by atoms with E-state index in [1.165, 1.54) is 0 Å². The zero-order valence-corrected chi connectivity index (χ0v) is 15.0. The first-order valence-electron chi connectivity index (χ1n) is 8.17. The highest BCUT2D eigenvalue weighted by molar-refractivity contribution is 6.32. The molecule has 3 N–H and O–H groups in total. The molecule has 0 spiro atoms. The Balaban J connectivity index is 2.28. The fraction of sp³-hybridized carbons (Fsp3) is 0.316. The Hall–Kier alpha value is -2.11. The van der Waals surface area contributed by atoms with Crippen LogP contribution in [0.5, 0.6) is 11.5 Å². The number of carbonyl (C=O) groups excluding carboxylic acids is 1. The largest absolute Gasteiger partial charge is 0.453 e. The van der Waals surface area contributed by atoms with Gasteiger partial charge in [-0.15, -0.1) is 0 Å². The Morgan fingerprint density at radius 3 is 2.56 bits per heavy atom. The Morgan fingerprint density at radius 2 is 1.96 bits per heavy atom. The summed E-state index contributed by atoms with van der Waals surface area (Å²) in [5.74, 6) is -0.418. The second kappa shape index (κ2) is 8.83. The SMILES string of the molecule is CCC(N[C@@H](C)CC(N)=O)c1ccc(Cl)c(Oc2ccccc2)c1F. The Labute approximate surface area is 152 Å². The van der Waals surface area contributed by atoms with Gasteiger partial charge in [0.25, 0.3) is 0 Å². The van der Waals surface area contributed by atoms with Gasteiger partial charge in [0.1, 0.15) is 5.75 Å². The van der Waals surface area contributed by atoms with Gasteiger partial charge in [-0.2, -0.15) is 0 Å². The van der Waals surface area contributed by atoms with Gasteiger partial charge in [0.15, 0.2) is 11.6 Å². The summed E-state index contributed by atoms with van der Waals surface area (Å²) in [5.41, 5.74) is 5.66. The minimum absolute atomic E-state index is 0.00632. The molecule has 0 radical (unpaired) electrons. The standard InChI is InChI=1S/C19H22ClFN2O2/c1-3-16(23-12(2)11-17(22)24)14-9-10-15(20)19(18(14)21)25-13-7-5-4-6-8-13/h4-10,12,16,23H,3,11H2,1-2H3,(H2,22,24)/t12-,16?/m0/s1. The topological polar surface area (TPSA) is 64.3 Å². The van der Waals surface area contributed by atoms with Gasteiger partial charge in [-0.1, -0.05) is 42.8 Å². The van der Waals surface area contributed by atoms with E-state index in [2.05, 4.69) is 5.32 Å². The molecular weight excluding hydrogens is 343 g/mol. The van der Waals surface area contributed by atoms with Crippen molar-refractivity contribution >= 4 is 17.5 Å². The molecule has 0 saturated carbocycles. The maximum Gasteiger partial charge on any atom is 0.218 e. The molecule has 0 heterocycles. The minimum Gasteiger partial charge on any atom is -0.453 e. The van der Waals surface area contributed by atoms with Crippen LogP contribution in [0.1, 0.15) is 38.3 Å². The van der Waals surface area contributed by atoms with Crippen LogP contribution >= 0.6 is 11.6 Å². The average molecular weight is 365 g/mol. The number of rotatable bonds is 8. The highest BCUT2D eigenvalue weighted by Crippen LogP contribution is 2.36. The fourth-order valence-electron chi connectivity index (χ4n) is 2.65. The van der Waals surface area contributed by atoms with Gasteiger partial charge in [-0.25, -0.2) is 4.39 Å². The highest BCUT2D eigenvalue weighted by Gasteiger charge is 2.22. The van der Waals surface area contributed by atoms with E-state index in [0.717, 1.165) is 0 Å². The van der Waals surface area contributed by atoms with E-state index in [1.807, 2.05) is 19.9 Å². The number of ether oxygens (including phenoxy) is 1. The van der Waals surface area contributed by atoms with Gasteiger partial charge in [-0.3, -0.25) is 4.79 Å². The smallest absolute Gasteiger partial charge is 0.218 e. The number of amides is 1. The normalized spacial score (nSPS) is 13.3. The van der Waals surface area contributed by atoms with E-state index < -0.39 is 11.7 Å². The van der Waals surface area contributed by atoms with Crippen molar-refractivity contribution in [1.29, 1.82) is 0 Å². The molecule has 2 aromatic carbocycles. The number of nitrogens with two attached hydrogens (primary N) is 1. The predicted molar refractivity (Wildman–Crippen MR) is 97.4 cm³/mol. The van der Waals surface area contributed by atoms with Gasteiger partial charge >= 0.3 is 0 Å². The van der Waals surface area contributed by atoms with Crippen LogP contribution < -0.4 is 15.8 Å². The second-order valence-electron chi connectivity index (χ2n) is 5.89. The van der Waals surface area contributed by atoms with Crippen LogP contribution in [0.25, 0.3) is 0 Å². The summed E-state index contributed by atoms with van der Waals surface area (Å²) in [6.45, 7) is 3.77. The third kappa shape index (κ3) is 5.18. The van der Waals surface area contributed by atoms with E-state index in [1.54, 1.807) is 36.4 Å². The molecule has 0 aliphatic heterocycles.